The van der Waals surface area contributed by atoms with Crippen LogP contribution in [-0.2, 0) is 4.74 Å². The quantitative estimate of drug-likeness (QED) is 0.620. The average molecular weight is 266 g/mol. The van der Waals surface area contributed by atoms with Crippen LogP contribution in [0.4, 0.5) is 11.4 Å². The number of nitrogens with zero attached hydrogens (tertiary/aromatic N) is 2. The fourth-order valence-electron chi connectivity index (χ4n) is 2.42. The highest BCUT2D eigenvalue weighted by molar-refractivity contribution is 5.65. The second-order valence-electron chi connectivity index (χ2n) is 4.77. The van der Waals surface area contributed by atoms with Crippen molar-refractivity contribution in [3.05, 3.63) is 28.3 Å². The third-order valence-corrected chi connectivity index (χ3v) is 3.14. The van der Waals surface area contributed by atoms with E-state index in [-0.39, 0.29) is 22.8 Å². The van der Waals surface area contributed by atoms with Crippen molar-refractivity contribution in [1.82, 2.24) is 0 Å². The van der Waals surface area contributed by atoms with Gasteiger partial charge in [0, 0.05) is 13.1 Å². The Morgan fingerprint density at radius 3 is 2.53 bits per heavy atom. The highest BCUT2D eigenvalue weighted by atomic mass is 16.6. The maximum Gasteiger partial charge on any atom is 0.296 e. The summed E-state index contributed by atoms with van der Waals surface area (Å²) in [6.07, 6.45) is 0.121. The van der Waals surface area contributed by atoms with Gasteiger partial charge in [-0.05, 0) is 26.0 Å². The molecule has 6 heteroatoms. The van der Waals surface area contributed by atoms with Crippen LogP contribution in [0.15, 0.2) is 18.2 Å². The summed E-state index contributed by atoms with van der Waals surface area (Å²) in [6, 6.07) is 4.94. The van der Waals surface area contributed by atoms with Gasteiger partial charge in [0.2, 0.25) is 0 Å². The van der Waals surface area contributed by atoms with Crippen molar-refractivity contribution in [3.63, 3.8) is 0 Å². The fraction of sp³-hybridized carbons (Fsp3) is 0.538. The van der Waals surface area contributed by atoms with Crippen LogP contribution < -0.4 is 9.64 Å². The number of hydrogen-bond donors (Lipinski definition) is 0. The molecule has 1 saturated heterocycles. The average Bonchev–Trinajstić information content (AvgIpc) is 2.36. The molecule has 104 valence electrons. The number of rotatable bonds is 3. The molecule has 0 unspecified atom stereocenters. The first-order valence-electron chi connectivity index (χ1n) is 6.24. The lowest BCUT2D eigenvalue weighted by atomic mass is 10.1. The molecule has 2 rings (SSSR count). The molecule has 0 saturated carbocycles. The highest BCUT2D eigenvalue weighted by Gasteiger charge is 2.27. The van der Waals surface area contributed by atoms with E-state index in [4.69, 9.17) is 9.47 Å². The zero-order valence-corrected chi connectivity index (χ0v) is 11.3. The summed E-state index contributed by atoms with van der Waals surface area (Å²) in [5, 5.41) is 11.2. The maximum atomic E-state index is 11.2. The van der Waals surface area contributed by atoms with E-state index in [1.807, 2.05) is 18.7 Å². The fourth-order valence-corrected chi connectivity index (χ4v) is 2.42. The summed E-state index contributed by atoms with van der Waals surface area (Å²) in [5.41, 5.74) is 0.688. The Morgan fingerprint density at radius 2 is 2.00 bits per heavy atom. The number of benzene rings is 1. The van der Waals surface area contributed by atoms with E-state index in [0.29, 0.717) is 24.5 Å². The minimum Gasteiger partial charge on any atom is -0.496 e. The van der Waals surface area contributed by atoms with Crippen LogP contribution in [0.1, 0.15) is 13.8 Å². The van der Waals surface area contributed by atoms with E-state index in [0.717, 1.165) is 0 Å². The van der Waals surface area contributed by atoms with Gasteiger partial charge in [-0.3, -0.25) is 10.1 Å². The molecule has 0 aromatic heterocycles. The van der Waals surface area contributed by atoms with Gasteiger partial charge in [0.25, 0.3) is 5.69 Å². The summed E-state index contributed by atoms with van der Waals surface area (Å²) < 4.78 is 10.7. The molecular formula is C13H18N2O4. The first kappa shape index (κ1) is 13.6. The van der Waals surface area contributed by atoms with Crippen LogP contribution in [0.5, 0.6) is 5.75 Å². The van der Waals surface area contributed by atoms with Gasteiger partial charge in [-0.1, -0.05) is 0 Å². The smallest absolute Gasteiger partial charge is 0.296 e. The molecule has 2 atom stereocenters. The molecule has 0 aliphatic carbocycles. The van der Waals surface area contributed by atoms with E-state index in [1.165, 1.54) is 13.2 Å². The monoisotopic (exact) mass is 266 g/mol. The summed E-state index contributed by atoms with van der Waals surface area (Å²) in [6.45, 7) is 5.24. The Labute approximate surface area is 112 Å². The number of anilines is 1. The third kappa shape index (κ3) is 2.96. The third-order valence-electron chi connectivity index (χ3n) is 3.14. The second kappa shape index (κ2) is 5.44. The number of methoxy groups -OCH3 is 1. The van der Waals surface area contributed by atoms with Gasteiger partial charge in [0.1, 0.15) is 11.4 Å². The summed E-state index contributed by atoms with van der Waals surface area (Å²) in [7, 11) is 1.50. The molecule has 1 aliphatic heterocycles. The minimum absolute atomic E-state index is 0.0606. The van der Waals surface area contributed by atoms with E-state index in [2.05, 4.69) is 0 Å². The first-order chi connectivity index (χ1) is 9.01. The number of ether oxygens (including phenoxy) is 2. The molecule has 1 aliphatic rings. The molecular weight excluding hydrogens is 248 g/mol. The van der Waals surface area contributed by atoms with Crippen molar-refractivity contribution in [2.45, 2.75) is 26.1 Å². The molecule has 1 heterocycles. The summed E-state index contributed by atoms with van der Waals surface area (Å²) in [5.74, 6) is 0.491. The largest absolute Gasteiger partial charge is 0.496 e. The van der Waals surface area contributed by atoms with Crippen LogP contribution in [0.25, 0.3) is 0 Å². The van der Waals surface area contributed by atoms with Crippen molar-refractivity contribution >= 4 is 11.4 Å². The zero-order valence-electron chi connectivity index (χ0n) is 11.3. The topological polar surface area (TPSA) is 64.8 Å². The Bertz CT molecular complexity index is 468. The molecule has 0 amide bonds. The van der Waals surface area contributed by atoms with Gasteiger partial charge < -0.3 is 14.4 Å². The van der Waals surface area contributed by atoms with Crippen LogP contribution >= 0.6 is 0 Å². The van der Waals surface area contributed by atoms with Gasteiger partial charge in [0.05, 0.1) is 30.3 Å². The molecule has 0 bridgehead atoms. The molecule has 6 nitrogen and oxygen atoms in total. The number of nitro groups is 1. The number of hydrogen-bond acceptors (Lipinski definition) is 5. The highest BCUT2D eigenvalue weighted by Crippen LogP contribution is 2.33. The Hall–Kier alpha value is -1.82. The summed E-state index contributed by atoms with van der Waals surface area (Å²) >= 11 is 0. The molecule has 1 fully saturated rings. The van der Waals surface area contributed by atoms with E-state index in [9.17, 15) is 10.1 Å². The predicted octanol–water partition coefficient (Wildman–Crippen LogP) is 2.22. The molecule has 0 spiro atoms. The summed E-state index contributed by atoms with van der Waals surface area (Å²) in [4.78, 5) is 12.8. The lowest BCUT2D eigenvalue weighted by Gasteiger charge is -2.36. The van der Waals surface area contributed by atoms with Gasteiger partial charge in [-0.2, -0.15) is 0 Å². The Morgan fingerprint density at radius 1 is 1.37 bits per heavy atom. The van der Waals surface area contributed by atoms with E-state index < -0.39 is 0 Å². The van der Waals surface area contributed by atoms with Crippen LogP contribution in [0.3, 0.4) is 0 Å². The van der Waals surface area contributed by atoms with Crippen LogP contribution in [-0.4, -0.2) is 37.3 Å². The Balaban J connectivity index is 2.35. The van der Waals surface area contributed by atoms with Crippen molar-refractivity contribution in [1.29, 1.82) is 0 Å². The maximum absolute atomic E-state index is 11.2. The first-order valence-corrected chi connectivity index (χ1v) is 6.24. The molecule has 19 heavy (non-hydrogen) atoms. The van der Waals surface area contributed by atoms with Gasteiger partial charge in [-0.15, -0.1) is 0 Å². The van der Waals surface area contributed by atoms with Crippen molar-refractivity contribution in [3.8, 4) is 5.75 Å². The van der Waals surface area contributed by atoms with Gasteiger partial charge in [0.15, 0.2) is 0 Å². The molecule has 1 aromatic rings. The number of nitro benzene ring substituents is 1. The van der Waals surface area contributed by atoms with Crippen molar-refractivity contribution in [2.24, 2.45) is 0 Å². The lowest BCUT2D eigenvalue weighted by Crippen LogP contribution is -2.45. The predicted molar refractivity (Wildman–Crippen MR) is 71.9 cm³/mol. The van der Waals surface area contributed by atoms with E-state index in [1.54, 1.807) is 12.1 Å². The SMILES string of the molecule is COc1ccc(N2C[C@@H](C)O[C@H](C)C2)c([N+](=O)[O-])c1. The van der Waals surface area contributed by atoms with Crippen molar-refractivity contribution < 1.29 is 14.4 Å². The standard InChI is InChI=1S/C13H18N2O4/c1-9-7-14(8-10(2)19-9)12-5-4-11(18-3)6-13(12)15(16)17/h4-6,9-10H,7-8H2,1-3H3/t9-,10-/m1/s1. The minimum atomic E-state index is -0.372. The second-order valence-corrected chi connectivity index (χ2v) is 4.77. The van der Waals surface area contributed by atoms with Gasteiger partial charge in [-0.25, -0.2) is 0 Å². The van der Waals surface area contributed by atoms with Crippen molar-refractivity contribution in [2.75, 3.05) is 25.1 Å². The normalized spacial score (nSPS) is 23.2. The zero-order chi connectivity index (χ0) is 14.0. The molecule has 1 aromatic carbocycles. The lowest BCUT2D eigenvalue weighted by molar-refractivity contribution is -0.384. The van der Waals surface area contributed by atoms with Crippen LogP contribution in [0, 0.1) is 10.1 Å². The molecule has 0 radical (unpaired) electrons. The molecule has 0 N–H and O–H groups in total. The van der Waals surface area contributed by atoms with E-state index >= 15 is 0 Å². The Kier molecular flexibility index (Phi) is 3.90. The van der Waals surface area contributed by atoms with Crippen LogP contribution in [0.2, 0.25) is 0 Å². The van der Waals surface area contributed by atoms with Gasteiger partial charge >= 0.3 is 0 Å². The number of morpholine rings is 1.